The molecule has 1 aromatic carbocycles. The van der Waals surface area contributed by atoms with Crippen molar-refractivity contribution in [3.05, 3.63) is 38.3 Å². The Morgan fingerprint density at radius 2 is 2.24 bits per heavy atom. The van der Waals surface area contributed by atoms with Crippen molar-refractivity contribution in [1.82, 2.24) is 9.80 Å². The number of fused-ring (bicyclic) bond motifs is 1. The van der Waals surface area contributed by atoms with Crippen molar-refractivity contribution in [2.45, 2.75) is 38.4 Å². The van der Waals surface area contributed by atoms with Gasteiger partial charge in [-0.1, -0.05) is 12.1 Å². The molecule has 0 N–H and O–H groups in total. The Morgan fingerprint density at radius 1 is 1.43 bits per heavy atom. The number of halogens is 1. The summed E-state index contributed by atoms with van der Waals surface area (Å²) in [6.07, 6.45) is 2.57. The van der Waals surface area contributed by atoms with Gasteiger partial charge in [0.2, 0.25) is 0 Å². The van der Waals surface area contributed by atoms with Gasteiger partial charge >= 0.3 is 0 Å². The van der Waals surface area contributed by atoms with Crippen molar-refractivity contribution in [1.29, 1.82) is 0 Å². The van der Waals surface area contributed by atoms with Gasteiger partial charge in [-0.05, 0) is 47.8 Å². The van der Waals surface area contributed by atoms with Crippen LogP contribution in [0.1, 0.15) is 25.3 Å². The molecular formula is C15H20BrN3O2. The van der Waals surface area contributed by atoms with Crippen LogP contribution in [-0.2, 0) is 6.54 Å². The van der Waals surface area contributed by atoms with Crippen molar-refractivity contribution in [3.8, 4) is 0 Å². The fraction of sp³-hybridized carbons (Fsp3) is 0.600. The number of nitro groups is 1. The summed E-state index contributed by atoms with van der Waals surface area (Å²) in [7, 11) is 0. The molecule has 0 spiro atoms. The molecule has 2 saturated heterocycles. The first kappa shape index (κ1) is 14.9. The lowest BCUT2D eigenvalue weighted by Crippen LogP contribution is -2.54. The van der Waals surface area contributed by atoms with Gasteiger partial charge in [0.1, 0.15) is 0 Å². The molecule has 0 saturated carbocycles. The van der Waals surface area contributed by atoms with Crippen molar-refractivity contribution >= 4 is 21.6 Å². The van der Waals surface area contributed by atoms with Gasteiger partial charge in [-0.15, -0.1) is 0 Å². The van der Waals surface area contributed by atoms with Crippen LogP contribution in [0.5, 0.6) is 0 Å². The lowest BCUT2D eigenvalue weighted by Gasteiger charge is -2.42. The minimum absolute atomic E-state index is 0.152. The summed E-state index contributed by atoms with van der Waals surface area (Å²) >= 11 is 3.41. The summed E-state index contributed by atoms with van der Waals surface area (Å²) in [4.78, 5) is 15.7. The van der Waals surface area contributed by atoms with Crippen LogP contribution >= 0.6 is 15.9 Å². The predicted octanol–water partition coefficient (Wildman–Crippen LogP) is 3.03. The zero-order valence-electron chi connectivity index (χ0n) is 12.2. The third kappa shape index (κ3) is 2.98. The minimum atomic E-state index is -0.327. The molecule has 2 heterocycles. The third-order valence-corrected chi connectivity index (χ3v) is 5.61. The minimum Gasteiger partial charge on any atom is -0.298 e. The number of hydrogen-bond donors (Lipinski definition) is 0. The third-order valence-electron chi connectivity index (χ3n) is 4.69. The van der Waals surface area contributed by atoms with E-state index in [0.29, 0.717) is 16.6 Å². The Kier molecular flexibility index (Phi) is 4.28. The molecule has 0 amide bonds. The molecule has 0 bridgehead atoms. The van der Waals surface area contributed by atoms with Crippen molar-refractivity contribution in [2.75, 3.05) is 19.6 Å². The molecule has 6 heteroatoms. The highest BCUT2D eigenvalue weighted by atomic mass is 79.9. The van der Waals surface area contributed by atoms with E-state index < -0.39 is 0 Å². The summed E-state index contributed by atoms with van der Waals surface area (Å²) in [5.74, 6) is 0. The number of nitro benzene ring substituents is 1. The Bertz CT molecular complexity index is 552. The van der Waals surface area contributed by atoms with Crippen molar-refractivity contribution in [3.63, 3.8) is 0 Å². The van der Waals surface area contributed by atoms with Crippen LogP contribution in [0.4, 0.5) is 5.69 Å². The number of hydrogen-bond acceptors (Lipinski definition) is 4. The predicted molar refractivity (Wildman–Crippen MR) is 85.3 cm³/mol. The highest BCUT2D eigenvalue weighted by Gasteiger charge is 2.34. The van der Waals surface area contributed by atoms with Crippen LogP contribution < -0.4 is 0 Å². The first-order chi connectivity index (χ1) is 10.1. The van der Waals surface area contributed by atoms with Gasteiger partial charge in [0.05, 0.1) is 9.40 Å². The smallest absolute Gasteiger partial charge is 0.283 e. The van der Waals surface area contributed by atoms with E-state index in [-0.39, 0.29) is 10.6 Å². The molecule has 3 rings (SSSR count). The Hall–Kier alpha value is -0.980. The number of rotatable bonds is 3. The lowest BCUT2D eigenvalue weighted by molar-refractivity contribution is -0.385. The summed E-state index contributed by atoms with van der Waals surface area (Å²) in [6.45, 7) is 6.42. The Morgan fingerprint density at radius 3 is 3.00 bits per heavy atom. The van der Waals surface area contributed by atoms with E-state index in [2.05, 4.69) is 32.7 Å². The van der Waals surface area contributed by atoms with Crippen LogP contribution in [-0.4, -0.2) is 46.4 Å². The van der Waals surface area contributed by atoms with E-state index >= 15 is 0 Å². The first-order valence-electron chi connectivity index (χ1n) is 7.46. The summed E-state index contributed by atoms with van der Waals surface area (Å²) in [6, 6.07) is 6.45. The van der Waals surface area contributed by atoms with Crippen LogP contribution in [0, 0.1) is 10.1 Å². The quantitative estimate of drug-likeness (QED) is 0.619. The molecule has 114 valence electrons. The monoisotopic (exact) mass is 353 g/mol. The molecule has 2 fully saturated rings. The average Bonchev–Trinajstić information content (AvgIpc) is 2.88. The van der Waals surface area contributed by atoms with E-state index in [1.807, 2.05) is 6.07 Å². The van der Waals surface area contributed by atoms with Gasteiger partial charge in [-0.3, -0.25) is 19.9 Å². The Balaban J connectivity index is 1.77. The van der Waals surface area contributed by atoms with E-state index in [0.717, 1.165) is 25.2 Å². The summed E-state index contributed by atoms with van der Waals surface area (Å²) < 4.78 is 0.621. The topological polar surface area (TPSA) is 49.6 Å². The number of nitrogens with zero attached hydrogens (tertiary/aromatic N) is 3. The molecule has 0 aliphatic carbocycles. The fourth-order valence-electron chi connectivity index (χ4n) is 3.52. The molecule has 2 atom stereocenters. The van der Waals surface area contributed by atoms with Gasteiger partial charge in [-0.25, -0.2) is 0 Å². The molecule has 2 aliphatic heterocycles. The van der Waals surface area contributed by atoms with Crippen LogP contribution in [0.3, 0.4) is 0 Å². The van der Waals surface area contributed by atoms with Gasteiger partial charge in [0.25, 0.3) is 5.69 Å². The zero-order valence-corrected chi connectivity index (χ0v) is 13.8. The van der Waals surface area contributed by atoms with Crippen LogP contribution in [0.15, 0.2) is 22.7 Å². The molecule has 0 radical (unpaired) electrons. The second-order valence-corrected chi connectivity index (χ2v) is 6.87. The van der Waals surface area contributed by atoms with Gasteiger partial charge in [0, 0.05) is 37.8 Å². The number of piperazine rings is 1. The maximum Gasteiger partial charge on any atom is 0.283 e. The van der Waals surface area contributed by atoms with E-state index in [1.165, 1.54) is 19.4 Å². The first-order valence-corrected chi connectivity index (χ1v) is 8.25. The SMILES string of the molecule is CC1CN2CCCC2CN1Cc1cccc([N+](=O)[O-])c1Br. The summed E-state index contributed by atoms with van der Waals surface area (Å²) in [5.41, 5.74) is 1.15. The molecule has 21 heavy (non-hydrogen) atoms. The largest absolute Gasteiger partial charge is 0.298 e. The van der Waals surface area contributed by atoms with Crippen LogP contribution in [0.2, 0.25) is 0 Å². The van der Waals surface area contributed by atoms with Gasteiger partial charge < -0.3 is 0 Å². The van der Waals surface area contributed by atoms with Crippen molar-refractivity contribution in [2.24, 2.45) is 0 Å². The second-order valence-electron chi connectivity index (χ2n) is 6.08. The fourth-order valence-corrected chi connectivity index (χ4v) is 4.05. The van der Waals surface area contributed by atoms with Gasteiger partial charge in [-0.2, -0.15) is 0 Å². The van der Waals surface area contributed by atoms with Crippen LogP contribution in [0.25, 0.3) is 0 Å². The highest BCUT2D eigenvalue weighted by Crippen LogP contribution is 2.31. The molecule has 5 nitrogen and oxygen atoms in total. The molecule has 0 aromatic heterocycles. The zero-order chi connectivity index (χ0) is 15.0. The van der Waals surface area contributed by atoms with E-state index in [4.69, 9.17) is 0 Å². The summed E-state index contributed by atoms with van der Waals surface area (Å²) in [5, 5.41) is 11.0. The molecule has 2 unspecified atom stereocenters. The second kappa shape index (κ2) is 6.02. The van der Waals surface area contributed by atoms with Crippen molar-refractivity contribution < 1.29 is 4.92 Å². The highest BCUT2D eigenvalue weighted by molar-refractivity contribution is 9.10. The molecule has 2 aliphatic rings. The lowest BCUT2D eigenvalue weighted by atomic mass is 10.1. The molecule has 1 aromatic rings. The Labute approximate surface area is 133 Å². The normalized spacial score (nSPS) is 26.8. The van der Waals surface area contributed by atoms with E-state index in [9.17, 15) is 10.1 Å². The maximum absolute atomic E-state index is 11.0. The standard InChI is InChI=1S/C15H20BrN3O2/c1-11-8-17-7-3-5-13(17)10-18(11)9-12-4-2-6-14(15(12)16)19(20)21/h2,4,6,11,13H,3,5,7-10H2,1H3. The average molecular weight is 354 g/mol. The molecular weight excluding hydrogens is 334 g/mol. The van der Waals surface area contributed by atoms with E-state index in [1.54, 1.807) is 12.1 Å². The maximum atomic E-state index is 11.0. The van der Waals surface area contributed by atoms with Gasteiger partial charge in [0.15, 0.2) is 0 Å². The number of benzene rings is 1.